The van der Waals surface area contributed by atoms with E-state index in [4.69, 9.17) is 4.98 Å². The fraction of sp³-hybridized carbons (Fsp3) is 0.303. The van der Waals surface area contributed by atoms with E-state index in [9.17, 15) is 0 Å². The van der Waals surface area contributed by atoms with Crippen LogP contribution in [-0.2, 0) is 5.41 Å². The number of fused-ring (bicyclic) bond motifs is 3. The van der Waals surface area contributed by atoms with Crippen molar-refractivity contribution >= 4 is 0 Å². The van der Waals surface area contributed by atoms with Crippen molar-refractivity contribution in [2.24, 2.45) is 0 Å². The van der Waals surface area contributed by atoms with Crippen LogP contribution in [0.15, 0.2) is 54.6 Å². The van der Waals surface area contributed by atoms with Crippen molar-refractivity contribution in [3.63, 3.8) is 0 Å². The van der Waals surface area contributed by atoms with Crippen LogP contribution in [0.3, 0.4) is 0 Å². The van der Waals surface area contributed by atoms with Crippen molar-refractivity contribution in [2.45, 2.75) is 67.2 Å². The first kappa shape index (κ1) is 22.6. The van der Waals surface area contributed by atoms with Crippen LogP contribution in [0.4, 0.5) is 0 Å². The summed E-state index contributed by atoms with van der Waals surface area (Å²) < 4.78 is 0. The van der Waals surface area contributed by atoms with Crippen molar-refractivity contribution in [3.8, 4) is 33.6 Å². The van der Waals surface area contributed by atoms with E-state index < -0.39 is 0 Å². The molecule has 1 atom stereocenters. The predicted molar refractivity (Wildman–Crippen MR) is 146 cm³/mol. The van der Waals surface area contributed by atoms with Gasteiger partial charge in [0.1, 0.15) is 0 Å². The molecule has 0 spiro atoms. The number of aromatic nitrogens is 1. The minimum Gasteiger partial charge on any atom is -0.247 e. The van der Waals surface area contributed by atoms with Crippen LogP contribution in [-0.4, -0.2) is 4.98 Å². The Kier molecular flexibility index (Phi) is 5.28. The van der Waals surface area contributed by atoms with Crippen LogP contribution in [0, 0.1) is 41.5 Å². The minimum absolute atomic E-state index is 0.0374. The van der Waals surface area contributed by atoms with Gasteiger partial charge in [-0.2, -0.15) is 0 Å². The third-order valence-electron chi connectivity index (χ3n) is 7.85. The van der Waals surface area contributed by atoms with Gasteiger partial charge in [0.15, 0.2) is 0 Å². The van der Waals surface area contributed by atoms with Gasteiger partial charge >= 0.3 is 0 Å². The Balaban J connectivity index is 1.95. The molecule has 4 aromatic rings. The van der Waals surface area contributed by atoms with E-state index in [0.29, 0.717) is 0 Å². The fourth-order valence-corrected chi connectivity index (χ4v) is 6.32. The molecule has 1 heteroatoms. The molecule has 1 heterocycles. The first-order valence-corrected chi connectivity index (χ1v) is 12.5. The lowest BCUT2D eigenvalue weighted by Crippen LogP contribution is -2.21. The zero-order valence-corrected chi connectivity index (χ0v) is 21.9. The van der Waals surface area contributed by atoms with Gasteiger partial charge in [0.05, 0.1) is 11.4 Å². The molecule has 0 radical (unpaired) electrons. The third-order valence-corrected chi connectivity index (χ3v) is 7.85. The van der Waals surface area contributed by atoms with E-state index in [-0.39, 0.29) is 5.41 Å². The lowest BCUT2D eigenvalue weighted by Gasteiger charge is -2.28. The highest BCUT2D eigenvalue weighted by molar-refractivity contribution is 5.93. The Bertz CT molecular complexity index is 1420. The van der Waals surface area contributed by atoms with Gasteiger partial charge in [-0.15, -0.1) is 0 Å². The Morgan fingerprint density at radius 1 is 0.706 bits per heavy atom. The highest BCUT2D eigenvalue weighted by atomic mass is 14.7. The SMILES string of the molecule is CCC1(C)c2cc(-c3c(C)cccc3C)nc(-c3cc(C)cc(C)c3)c2-c2cc(C)cc(C)c21. The summed E-state index contributed by atoms with van der Waals surface area (Å²) in [6.45, 7) is 18.0. The summed E-state index contributed by atoms with van der Waals surface area (Å²) in [5.41, 5.74) is 18.0. The van der Waals surface area contributed by atoms with Crippen molar-refractivity contribution in [3.05, 3.63) is 99.1 Å². The zero-order chi connectivity index (χ0) is 24.4. The predicted octanol–water partition coefficient (Wildman–Crippen LogP) is 8.96. The second-order valence-corrected chi connectivity index (χ2v) is 10.6. The Hall–Kier alpha value is -3.19. The molecule has 0 saturated carbocycles. The van der Waals surface area contributed by atoms with Gasteiger partial charge in [-0.05, 0) is 99.5 Å². The quantitative estimate of drug-likeness (QED) is 0.307. The fourth-order valence-electron chi connectivity index (χ4n) is 6.32. The molecule has 5 rings (SSSR count). The van der Waals surface area contributed by atoms with Gasteiger partial charge in [-0.3, -0.25) is 0 Å². The second kappa shape index (κ2) is 7.94. The summed E-state index contributed by atoms with van der Waals surface area (Å²) in [6, 6.07) is 20.5. The molecule has 1 aliphatic rings. The number of benzene rings is 3. The summed E-state index contributed by atoms with van der Waals surface area (Å²) in [6.07, 6.45) is 1.05. The van der Waals surface area contributed by atoms with Crippen LogP contribution in [0.2, 0.25) is 0 Å². The molecule has 0 N–H and O–H groups in total. The van der Waals surface area contributed by atoms with E-state index in [0.717, 1.165) is 17.8 Å². The van der Waals surface area contributed by atoms with E-state index in [1.165, 1.54) is 66.8 Å². The van der Waals surface area contributed by atoms with E-state index in [2.05, 4.69) is 110 Å². The Labute approximate surface area is 204 Å². The van der Waals surface area contributed by atoms with Crippen molar-refractivity contribution < 1.29 is 0 Å². The smallest absolute Gasteiger partial charge is 0.0791 e. The summed E-state index contributed by atoms with van der Waals surface area (Å²) in [7, 11) is 0. The maximum atomic E-state index is 5.45. The molecular formula is C33H35N. The molecule has 172 valence electrons. The number of hydrogen-bond acceptors (Lipinski definition) is 1. The third kappa shape index (κ3) is 3.33. The topological polar surface area (TPSA) is 12.9 Å². The maximum Gasteiger partial charge on any atom is 0.0791 e. The molecule has 0 saturated heterocycles. The monoisotopic (exact) mass is 445 g/mol. The van der Waals surface area contributed by atoms with Gasteiger partial charge in [0.2, 0.25) is 0 Å². The average molecular weight is 446 g/mol. The summed E-state index contributed by atoms with van der Waals surface area (Å²) in [4.78, 5) is 5.45. The lowest BCUT2D eigenvalue weighted by molar-refractivity contribution is 0.561. The normalized spacial score (nSPS) is 16.5. The number of hydrogen-bond donors (Lipinski definition) is 0. The molecule has 1 aromatic heterocycles. The largest absolute Gasteiger partial charge is 0.247 e. The highest BCUT2D eigenvalue weighted by Crippen LogP contribution is 2.55. The van der Waals surface area contributed by atoms with Crippen LogP contribution in [0.1, 0.15) is 64.8 Å². The second-order valence-electron chi connectivity index (χ2n) is 10.6. The summed E-state index contributed by atoms with van der Waals surface area (Å²) in [5, 5.41) is 0. The summed E-state index contributed by atoms with van der Waals surface area (Å²) in [5.74, 6) is 0. The molecule has 0 fully saturated rings. The first-order valence-electron chi connectivity index (χ1n) is 12.5. The highest BCUT2D eigenvalue weighted by Gasteiger charge is 2.41. The van der Waals surface area contributed by atoms with Gasteiger partial charge in [0, 0.05) is 22.1 Å². The molecule has 3 aromatic carbocycles. The summed E-state index contributed by atoms with van der Waals surface area (Å²) >= 11 is 0. The molecule has 0 aliphatic heterocycles. The molecule has 0 bridgehead atoms. The number of aryl methyl sites for hydroxylation is 6. The standard InChI is InChI=1S/C33H35N/c1-9-33(8)27-18-28(29-22(5)11-10-12-23(29)6)34-32(25-15-19(2)13-20(3)16-25)30(27)26-17-21(4)14-24(7)31(26)33/h10-18H,9H2,1-8H3. The van der Waals surface area contributed by atoms with Crippen LogP contribution < -0.4 is 0 Å². The van der Waals surface area contributed by atoms with Crippen LogP contribution in [0.5, 0.6) is 0 Å². The first-order chi connectivity index (χ1) is 16.1. The number of rotatable bonds is 3. The van der Waals surface area contributed by atoms with Crippen LogP contribution >= 0.6 is 0 Å². The van der Waals surface area contributed by atoms with Gasteiger partial charge < -0.3 is 0 Å². The zero-order valence-electron chi connectivity index (χ0n) is 21.9. The van der Waals surface area contributed by atoms with Gasteiger partial charge in [-0.25, -0.2) is 4.98 Å². The number of nitrogens with zero attached hydrogens (tertiary/aromatic N) is 1. The number of pyridine rings is 1. The lowest BCUT2D eigenvalue weighted by atomic mass is 9.75. The Morgan fingerprint density at radius 3 is 1.94 bits per heavy atom. The van der Waals surface area contributed by atoms with Crippen LogP contribution in [0.25, 0.3) is 33.6 Å². The van der Waals surface area contributed by atoms with E-state index >= 15 is 0 Å². The maximum absolute atomic E-state index is 5.45. The molecule has 1 nitrogen and oxygen atoms in total. The van der Waals surface area contributed by atoms with Crippen molar-refractivity contribution in [1.29, 1.82) is 0 Å². The van der Waals surface area contributed by atoms with Gasteiger partial charge in [0.25, 0.3) is 0 Å². The van der Waals surface area contributed by atoms with Crippen molar-refractivity contribution in [2.75, 3.05) is 0 Å². The minimum atomic E-state index is -0.0374. The molecule has 34 heavy (non-hydrogen) atoms. The van der Waals surface area contributed by atoms with E-state index in [1.54, 1.807) is 0 Å². The molecule has 1 unspecified atom stereocenters. The van der Waals surface area contributed by atoms with Gasteiger partial charge in [-0.1, -0.05) is 66.9 Å². The van der Waals surface area contributed by atoms with E-state index in [1.807, 2.05) is 0 Å². The molecule has 1 aliphatic carbocycles. The Morgan fingerprint density at radius 2 is 1.32 bits per heavy atom. The molecular weight excluding hydrogens is 410 g/mol. The van der Waals surface area contributed by atoms with Crippen molar-refractivity contribution in [1.82, 2.24) is 4.98 Å². The molecule has 0 amide bonds. The average Bonchev–Trinajstić information content (AvgIpc) is 3.01.